The van der Waals surface area contributed by atoms with Crippen molar-refractivity contribution >= 4 is 17.7 Å². The van der Waals surface area contributed by atoms with Crippen LogP contribution in [-0.4, -0.2) is 17.7 Å². The average molecular weight is 263 g/mol. The summed E-state index contributed by atoms with van der Waals surface area (Å²) in [6.45, 7) is 2.28. The molecule has 0 bridgehead atoms. The van der Waals surface area contributed by atoms with Gasteiger partial charge in [-0.05, 0) is 37.0 Å². The van der Waals surface area contributed by atoms with Crippen LogP contribution in [0.4, 0.5) is 0 Å². The number of carbonyl (C=O) groups is 1. The zero-order valence-corrected chi connectivity index (χ0v) is 11.8. The summed E-state index contributed by atoms with van der Waals surface area (Å²) in [7, 11) is 0. The summed E-state index contributed by atoms with van der Waals surface area (Å²) < 4.78 is 0. The molecule has 0 aromatic heterocycles. The first-order valence-corrected chi connectivity index (χ1v) is 7.62. The molecule has 0 atom stereocenters. The average Bonchev–Trinajstić information content (AvgIpc) is 2.84. The van der Waals surface area contributed by atoms with Crippen LogP contribution in [0.25, 0.3) is 0 Å². The fourth-order valence-corrected chi connectivity index (χ4v) is 3.56. The SMILES string of the molecule is CC(=O)NCCc1ccc(SC2CCCC2)cc1. The predicted octanol–water partition coefficient (Wildman–Crippen LogP) is 3.40. The monoisotopic (exact) mass is 263 g/mol. The zero-order valence-electron chi connectivity index (χ0n) is 10.9. The van der Waals surface area contributed by atoms with E-state index in [1.807, 2.05) is 11.8 Å². The topological polar surface area (TPSA) is 29.1 Å². The van der Waals surface area contributed by atoms with Crippen molar-refractivity contribution in [2.24, 2.45) is 0 Å². The lowest BCUT2D eigenvalue weighted by Crippen LogP contribution is -2.22. The predicted molar refractivity (Wildman–Crippen MR) is 76.9 cm³/mol. The van der Waals surface area contributed by atoms with E-state index in [0.29, 0.717) is 0 Å². The molecule has 0 spiro atoms. The third-order valence-corrected chi connectivity index (χ3v) is 4.66. The van der Waals surface area contributed by atoms with E-state index >= 15 is 0 Å². The summed E-state index contributed by atoms with van der Waals surface area (Å²) in [4.78, 5) is 12.1. The van der Waals surface area contributed by atoms with Crippen molar-refractivity contribution in [1.82, 2.24) is 5.32 Å². The molecule has 0 radical (unpaired) electrons. The Hall–Kier alpha value is -0.960. The van der Waals surface area contributed by atoms with Gasteiger partial charge in [-0.25, -0.2) is 0 Å². The molecule has 1 aromatic rings. The molecule has 1 aliphatic carbocycles. The van der Waals surface area contributed by atoms with E-state index in [1.54, 1.807) is 6.92 Å². The molecule has 0 heterocycles. The van der Waals surface area contributed by atoms with Crippen LogP contribution in [0, 0.1) is 0 Å². The number of thioether (sulfide) groups is 1. The highest BCUT2D eigenvalue weighted by molar-refractivity contribution is 8.00. The molecule has 98 valence electrons. The van der Waals surface area contributed by atoms with Crippen molar-refractivity contribution in [3.63, 3.8) is 0 Å². The number of hydrogen-bond acceptors (Lipinski definition) is 2. The molecule has 1 N–H and O–H groups in total. The molecule has 0 saturated heterocycles. The first-order valence-electron chi connectivity index (χ1n) is 6.74. The van der Waals surface area contributed by atoms with Gasteiger partial charge in [-0.3, -0.25) is 4.79 Å². The summed E-state index contributed by atoms with van der Waals surface area (Å²) in [6, 6.07) is 8.79. The van der Waals surface area contributed by atoms with Crippen LogP contribution >= 0.6 is 11.8 Å². The van der Waals surface area contributed by atoms with Crippen molar-refractivity contribution in [2.75, 3.05) is 6.54 Å². The first kappa shape index (κ1) is 13.5. The molecule has 18 heavy (non-hydrogen) atoms. The summed E-state index contributed by atoms with van der Waals surface area (Å²) in [5.74, 6) is 0.0448. The number of benzene rings is 1. The van der Waals surface area contributed by atoms with Crippen LogP contribution in [0.15, 0.2) is 29.2 Å². The Labute approximate surface area is 114 Å². The molecule has 3 heteroatoms. The molecule has 1 amide bonds. The Kier molecular flexibility index (Phi) is 5.12. The summed E-state index contributed by atoms with van der Waals surface area (Å²) in [5, 5.41) is 3.65. The smallest absolute Gasteiger partial charge is 0.216 e. The quantitative estimate of drug-likeness (QED) is 0.882. The van der Waals surface area contributed by atoms with Crippen LogP contribution < -0.4 is 5.32 Å². The second kappa shape index (κ2) is 6.83. The molecule has 1 aliphatic rings. The summed E-state index contributed by atoms with van der Waals surface area (Å²) in [5.41, 5.74) is 1.29. The Bertz CT molecular complexity index is 382. The molecular formula is C15H21NOS. The second-order valence-electron chi connectivity index (χ2n) is 4.90. The lowest BCUT2D eigenvalue weighted by molar-refractivity contribution is -0.118. The Balaban J connectivity index is 1.79. The third kappa shape index (κ3) is 4.37. The van der Waals surface area contributed by atoms with Gasteiger partial charge in [-0.15, -0.1) is 11.8 Å². The van der Waals surface area contributed by atoms with Crippen LogP contribution in [-0.2, 0) is 11.2 Å². The van der Waals surface area contributed by atoms with Gasteiger partial charge in [0.2, 0.25) is 5.91 Å². The lowest BCUT2D eigenvalue weighted by atomic mass is 10.1. The van der Waals surface area contributed by atoms with E-state index in [4.69, 9.17) is 0 Å². The number of rotatable bonds is 5. The number of nitrogens with one attached hydrogen (secondary N) is 1. The lowest BCUT2D eigenvalue weighted by Gasteiger charge is -2.09. The molecule has 1 saturated carbocycles. The van der Waals surface area contributed by atoms with Crippen molar-refractivity contribution in [2.45, 2.75) is 49.2 Å². The second-order valence-corrected chi connectivity index (χ2v) is 6.28. The maximum atomic E-state index is 10.8. The standard InChI is InChI=1S/C15H21NOS/c1-12(17)16-11-10-13-6-8-15(9-7-13)18-14-4-2-3-5-14/h6-9,14H,2-5,10-11H2,1H3,(H,16,17). The van der Waals surface area contributed by atoms with Gasteiger partial charge in [0.15, 0.2) is 0 Å². The first-order chi connectivity index (χ1) is 8.74. The van der Waals surface area contributed by atoms with Gasteiger partial charge in [-0.1, -0.05) is 25.0 Å². The number of amides is 1. The molecule has 2 rings (SSSR count). The highest BCUT2D eigenvalue weighted by Crippen LogP contribution is 2.34. The van der Waals surface area contributed by atoms with Crippen LogP contribution in [0.3, 0.4) is 0 Å². The summed E-state index contributed by atoms with van der Waals surface area (Å²) >= 11 is 2.02. The van der Waals surface area contributed by atoms with Gasteiger partial charge >= 0.3 is 0 Å². The van der Waals surface area contributed by atoms with Crippen LogP contribution in [0.2, 0.25) is 0 Å². The van der Waals surface area contributed by atoms with Crippen molar-refractivity contribution in [3.8, 4) is 0 Å². The van der Waals surface area contributed by atoms with Crippen LogP contribution in [0.1, 0.15) is 38.2 Å². The normalized spacial score (nSPS) is 15.8. The highest BCUT2D eigenvalue weighted by Gasteiger charge is 2.15. The van der Waals surface area contributed by atoms with Crippen molar-refractivity contribution < 1.29 is 4.79 Å². The van der Waals surface area contributed by atoms with Gasteiger partial charge in [0.1, 0.15) is 0 Å². The molecular weight excluding hydrogens is 242 g/mol. The minimum atomic E-state index is 0.0448. The van der Waals surface area contributed by atoms with E-state index in [1.165, 1.54) is 36.1 Å². The van der Waals surface area contributed by atoms with E-state index in [2.05, 4.69) is 29.6 Å². The molecule has 0 unspecified atom stereocenters. The van der Waals surface area contributed by atoms with Gasteiger partial charge in [-0.2, -0.15) is 0 Å². The van der Waals surface area contributed by atoms with Crippen molar-refractivity contribution in [1.29, 1.82) is 0 Å². The number of hydrogen-bond donors (Lipinski definition) is 1. The van der Waals surface area contributed by atoms with Crippen LogP contribution in [0.5, 0.6) is 0 Å². The minimum Gasteiger partial charge on any atom is -0.356 e. The van der Waals surface area contributed by atoms with E-state index in [0.717, 1.165) is 18.2 Å². The van der Waals surface area contributed by atoms with E-state index in [-0.39, 0.29) is 5.91 Å². The molecule has 0 aliphatic heterocycles. The van der Waals surface area contributed by atoms with Crippen molar-refractivity contribution in [3.05, 3.63) is 29.8 Å². The Morgan fingerprint density at radius 3 is 2.56 bits per heavy atom. The van der Waals surface area contributed by atoms with E-state index in [9.17, 15) is 4.79 Å². The molecule has 1 aromatic carbocycles. The highest BCUT2D eigenvalue weighted by atomic mass is 32.2. The fourth-order valence-electron chi connectivity index (χ4n) is 2.32. The Morgan fingerprint density at radius 1 is 1.28 bits per heavy atom. The van der Waals surface area contributed by atoms with E-state index < -0.39 is 0 Å². The fraction of sp³-hybridized carbons (Fsp3) is 0.533. The number of carbonyl (C=O) groups excluding carboxylic acids is 1. The zero-order chi connectivity index (χ0) is 12.8. The minimum absolute atomic E-state index is 0.0448. The maximum Gasteiger partial charge on any atom is 0.216 e. The summed E-state index contributed by atoms with van der Waals surface area (Å²) in [6.07, 6.45) is 6.44. The van der Waals surface area contributed by atoms with Gasteiger partial charge in [0.25, 0.3) is 0 Å². The van der Waals surface area contributed by atoms with Gasteiger partial charge in [0, 0.05) is 23.6 Å². The third-order valence-electron chi connectivity index (χ3n) is 3.32. The molecule has 1 fully saturated rings. The van der Waals surface area contributed by atoms with Gasteiger partial charge < -0.3 is 5.32 Å². The van der Waals surface area contributed by atoms with Gasteiger partial charge in [0.05, 0.1) is 0 Å². The Morgan fingerprint density at radius 2 is 1.94 bits per heavy atom. The maximum absolute atomic E-state index is 10.8. The largest absolute Gasteiger partial charge is 0.356 e. The molecule has 2 nitrogen and oxygen atoms in total.